The zero-order chi connectivity index (χ0) is 12.1. The Labute approximate surface area is 101 Å². The second kappa shape index (κ2) is 5.56. The van der Waals surface area contributed by atoms with Gasteiger partial charge >= 0.3 is 0 Å². The van der Waals surface area contributed by atoms with Crippen LogP contribution in [0.15, 0.2) is 12.7 Å². The number of aromatic nitrogens is 6. The second-order valence-electron chi connectivity index (χ2n) is 4.12. The van der Waals surface area contributed by atoms with Gasteiger partial charge in [-0.15, -0.1) is 0 Å². The van der Waals surface area contributed by atoms with E-state index in [-0.39, 0.29) is 0 Å². The Morgan fingerprint density at radius 3 is 1.65 bits per heavy atom. The smallest absolute Gasteiger partial charge is 0.138 e. The molecule has 0 spiro atoms. The lowest BCUT2D eigenvalue weighted by Gasteiger charge is -2.04. The van der Waals surface area contributed by atoms with E-state index in [0.717, 1.165) is 37.6 Å². The number of hydrogen-bond donors (Lipinski definition) is 0. The van der Waals surface area contributed by atoms with Crippen molar-refractivity contribution in [3.63, 3.8) is 0 Å². The molecule has 0 unspecified atom stereocenters. The first-order chi connectivity index (χ1) is 8.27. The van der Waals surface area contributed by atoms with Crippen LogP contribution >= 0.6 is 0 Å². The first kappa shape index (κ1) is 11.8. The Morgan fingerprint density at radius 1 is 0.824 bits per heavy atom. The molecule has 0 saturated heterocycles. The van der Waals surface area contributed by atoms with Crippen molar-refractivity contribution in [1.29, 1.82) is 0 Å². The Balaban J connectivity index is 1.64. The Bertz CT molecular complexity index is 416. The molecule has 2 heterocycles. The van der Waals surface area contributed by atoms with Gasteiger partial charge in [-0.05, 0) is 33.1 Å². The van der Waals surface area contributed by atoms with Crippen molar-refractivity contribution in [2.45, 2.75) is 46.2 Å². The van der Waals surface area contributed by atoms with Crippen LogP contribution in [0.5, 0.6) is 0 Å². The van der Waals surface area contributed by atoms with E-state index in [1.165, 1.54) is 6.42 Å². The molecule has 0 aliphatic heterocycles. The van der Waals surface area contributed by atoms with Gasteiger partial charge in [-0.1, -0.05) is 0 Å². The number of rotatable bonds is 6. The minimum absolute atomic E-state index is 0.947. The van der Waals surface area contributed by atoms with E-state index in [2.05, 4.69) is 20.2 Å². The average Bonchev–Trinajstić information content (AvgIpc) is 2.89. The molecule has 0 aliphatic rings. The standard InChI is InChI=1S/C11H18N6/c1-10-12-8-14-16(10)6-4-3-5-7-17-11(2)13-9-15-17/h8-9H,3-7H2,1-2H3. The molecule has 92 valence electrons. The zero-order valence-electron chi connectivity index (χ0n) is 10.4. The molecule has 0 atom stereocenters. The van der Waals surface area contributed by atoms with E-state index in [1.807, 2.05) is 23.2 Å². The minimum Gasteiger partial charge on any atom is -0.250 e. The highest BCUT2D eigenvalue weighted by atomic mass is 15.3. The molecule has 0 amide bonds. The highest BCUT2D eigenvalue weighted by Crippen LogP contribution is 2.02. The third-order valence-corrected chi connectivity index (χ3v) is 2.86. The topological polar surface area (TPSA) is 61.4 Å². The zero-order valence-corrected chi connectivity index (χ0v) is 10.4. The van der Waals surface area contributed by atoms with Crippen LogP contribution < -0.4 is 0 Å². The summed E-state index contributed by atoms with van der Waals surface area (Å²) < 4.78 is 3.89. The molecule has 0 radical (unpaired) electrons. The van der Waals surface area contributed by atoms with Crippen molar-refractivity contribution in [1.82, 2.24) is 29.5 Å². The molecule has 0 N–H and O–H groups in total. The lowest BCUT2D eigenvalue weighted by Crippen LogP contribution is -2.05. The van der Waals surface area contributed by atoms with Crippen molar-refractivity contribution in [3.05, 3.63) is 24.3 Å². The Kier molecular flexibility index (Phi) is 3.85. The first-order valence-electron chi connectivity index (χ1n) is 5.96. The van der Waals surface area contributed by atoms with Crippen LogP contribution in [0.4, 0.5) is 0 Å². The minimum atomic E-state index is 0.947. The van der Waals surface area contributed by atoms with Gasteiger partial charge in [0, 0.05) is 13.1 Å². The van der Waals surface area contributed by atoms with Gasteiger partial charge in [0.2, 0.25) is 0 Å². The van der Waals surface area contributed by atoms with E-state index in [1.54, 1.807) is 12.7 Å². The predicted octanol–water partition coefficient (Wildman–Crippen LogP) is 1.36. The molecular formula is C11H18N6. The number of hydrogen-bond acceptors (Lipinski definition) is 4. The summed E-state index contributed by atoms with van der Waals surface area (Å²) in [7, 11) is 0. The average molecular weight is 234 g/mol. The van der Waals surface area contributed by atoms with Crippen LogP contribution in [0, 0.1) is 13.8 Å². The summed E-state index contributed by atoms with van der Waals surface area (Å²) in [5.74, 6) is 1.97. The fourth-order valence-electron chi connectivity index (χ4n) is 1.78. The van der Waals surface area contributed by atoms with Crippen molar-refractivity contribution in [2.75, 3.05) is 0 Å². The summed E-state index contributed by atoms with van der Waals surface area (Å²) >= 11 is 0. The van der Waals surface area contributed by atoms with E-state index < -0.39 is 0 Å². The van der Waals surface area contributed by atoms with Gasteiger partial charge < -0.3 is 0 Å². The summed E-state index contributed by atoms with van der Waals surface area (Å²) in [5.41, 5.74) is 0. The summed E-state index contributed by atoms with van der Waals surface area (Å²) in [6.45, 7) is 5.85. The van der Waals surface area contributed by atoms with E-state index in [9.17, 15) is 0 Å². The van der Waals surface area contributed by atoms with Crippen LogP contribution in [-0.4, -0.2) is 29.5 Å². The van der Waals surface area contributed by atoms with Crippen molar-refractivity contribution >= 4 is 0 Å². The van der Waals surface area contributed by atoms with E-state index in [0.29, 0.717) is 0 Å². The number of nitrogens with zero attached hydrogens (tertiary/aromatic N) is 6. The second-order valence-corrected chi connectivity index (χ2v) is 4.12. The fourth-order valence-corrected chi connectivity index (χ4v) is 1.78. The largest absolute Gasteiger partial charge is 0.250 e. The van der Waals surface area contributed by atoms with Crippen LogP contribution in [0.3, 0.4) is 0 Å². The summed E-state index contributed by atoms with van der Waals surface area (Å²) in [4.78, 5) is 8.19. The monoisotopic (exact) mass is 234 g/mol. The maximum atomic E-state index is 4.16. The molecular weight excluding hydrogens is 216 g/mol. The molecule has 0 bridgehead atoms. The highest BCUT2D eigenvalue weighted by molar-refractivity contribution is 4.78. The Hall–Kier alpha value is -1.72. The summed E-state index contributed by atoms with van der Waals surface area (Å²) in [6.07, 6.45) is 6.62. The van der Waals surface area contributed by atoms with Gasteiger partial charge in [-0.25, -0.2) is 9.97 Å². The lowest BCUT2D eigenvalue weighted by atomic mass is 10.2. The summed E-state index contributed by atoms with van der Waals surface area (Å²) in [6, 6.07) is 0. The first-order valence-corrected chi connectivity index (χ1v) is 5.96. The van der Waals surface area contributed by atoms with Crippen molar-refractivity contribution < 1.29 is 0 Å². The number of unbranched alkanes of at least 4 members (excludes halogenated alkanes) is 2. The van der Waals surface area contributed by atoms with Gasteiger partial charge in [0.15, 0.2) is 0 Å². The van der Waals surface area contributed by atoms with Gasteiger partial charge in [0.1, 0.15) is 24.3 Å². The molecule has 17 heavy (non-hydrogen) atoms. The van der Waals surface area contributed by atoms with E-state index >= 15 is 0 Å². The van der Waals surface area contributed by atoms with Crippen LogP contribution in [0.1, 0.15) is 30.9 Å². The van der Waals surface area contributed by atoms with Gasteiger partial charge in [0.05, 0.1) is 0 Å². The number of aryl methyl sites for hydroxylation is 4. The lowest BCUT2D eigenvalue weighted by molar-refractivity contribution is 0.490. The highest BCUT2D eigenvalue weighted by Gasteiger charge is 2.00. The molecule has 6 nitrogen and oxygen atoms in total. The fraction of sp³-hybridized carbons (Fsp3) is 0.636. The van der Waals surface area contributed by atoms with Gasteiger partial charge in [-0.3, -0.25) is 9.36 Å². The molecule has 0 aromatic carbocycles. The van der Waals surface area contributed by atoms with Gasteiger partial charge in [-0.2, -0.15) is 10.2 Å². The Morgan fingerprint density at radius 2 is 1.29 bits per heavy atom. The quantitative estimate of drug-likeness (QED) is 0.708. The van der Waals surface area contributed by atoms with Gasteiger partial charge in [0.25, 0.3) is 0 Å². The van der Waals surface area contributed by atoms with Crippen molar-refractivity contribution in [2.24, 2.45) is 0 Å². The predicted molar refractivity (Wildman–Crippen MR) is 63.4 cm³/mol. The maximum absolute atomic E-state index is 4.16. The molecule has 2 aromatic rings. The molecule has 0 aliphatic carbocycles. The summed E-state index contributed by atoms with van der Waals surface area (Å²) in [5, 5.41) is 8.31. The third kappa shape index (κ3) is 3.12. The molecule has 2 aromatic heterocycles. The van der Waals surface area contributed by atoms with E-state index in [4.69, 9.17) is 0 Å². The van der Waals surface area contributed by atoms with Crippen LogP contribution in [0.2, 0.25) is 0 Å². The molecule has 6 heteroatoms. The SMILES string of the molecule is Cc1ncnn1CCCCCn1ncnc1C. The van der Waals surface area contributed by atoms with Crippen LogP contribution in [-0.2, 0) is 13.1 Å². The van der Waals surface area contributed by atoms with Crippen LogP contribution in [0.25, 0.3) is 0 Å². The van der Waals surface area contributed by atoms with Crippen molar-refractivity contribution in [3.8, 4) is 0 Å². The molecule has 2 rings (SSSR count). The third-order valence-electron chi connectivity index (χ3n) is 2.86. The maximum Gasteiger partial charge on any atom is 0.138 e. The molecule has 0 saturated carbocycles. The molecule has 0 fully saturated rings. The normalized spacial score (nSPS) is 10.9.